The molecule has 0 saturated carbocycles. The van der Waals surface area contributed by atoms with Gasteiger partial charge in [0.25, 0.3) is 11.8 Å². The molecule has 0 spiro atoms. The second-order valence-electron chi connectivity index (χ2n) is 9.74. The molecule has 206 valence electrons. The standard InChI is InChI=1S/C29H26Cl2N4O5/c1-16(36)18-6-4-5-17(11-18)12-22(29(39)40)33-27(37)25-21(30)13-19-14-35(10-8-20(19)26(25)31)28(38)23-15-34-9-3-2-7-24(34)32-23/h2-7,9,11,13,15-16,22,36H,8,10,12,14H2,1H3,(H,33,37)(H,39,40)/t16?,22-/m0/s1. The average molecular weight is 581 g/mol. The van der Waals surface area contributed by atoms with Crippen molar-refractivity contribution in [3.63, 3.8) is 0 Å². The van der Waals surface area contributed by atoms with Gasteiger partial charge in [-0.1, -0.05) is 53.5 Å². The van der Waals surface area contributed by atoms with E-state index in [0.717, 1.165) is 0 Å². The SMILES string of the molecule is CC(O)c1cccc(C[C@H](NC(=O)c2c(Cl)cc3c(c2Cl)CCN(C(=O)c2cn4ccccc4n2)C3)C(=O)O)c1. The number of hydrogen-bond acceptors (Lipinski definition) is 5. The number of aliphatic carboxylic acids is 1. The molecule has 40 heavy (non-hydrogen) atoms. The number of carboxylic acids is 1. The van der Waals surface area contributed by atoms with Crippen LogP contribution in [0.3, 0.4) is 0 Å². The number of benzene rings is 2. The largest absolute Gasteiger partial charge is 0.480 e. The highest BCUT2D eigenvalue weighted by atomic mass is 35.5. The average Bonchev–Trinajstić information content (AvgIpc) is 3.36. The number of carbonyl (C=O) groups excluding carboxylic acids is 2. The van der Waals surface area contributed by atoms with Crippen molar-refractivity contribution in [2.24, 2.45) is 0 Å². The quantitative estimate of drug-likeness (QED) is 0.299. The van der Waals surface area contributed by atoms with Gasteiger partial charge in [-0.05, 0) is 53.8 Å². The molecule has 1 aliphatic rings. The Morgan fingerprint density at radius 2 is 1.93 bits per heavy atom. The molecule has 0 radical (unpaired) electrons. The van der Waals surface area contributed by atoms with E-state index in [0.29, 0.717) is 46.6 Å². The Labute approximate surface area is 240 Å². The topological polar surface area (TPSA) is 124 Å². The summed E-state index contributed by atoms with van der Waals surface area (Å²) in [5.41, 5.74) is 3.66. The van der Waals surface area contributed by atoms with Gasteiger partial charge in [0.15, 0.2) is 0 Å². The predicted octanol–water partition coefficient (Wildman–Crippen LogP) is 4.32. The van der Waals surface area contributed by atoms with Crippen molar-refractivity contribution in [1.82, 2.24) is 19.6 Å². The molecule has 11 heteroatoms. The lowest BCUT2D eigenvalue weighted by Crippen LogP contribution is -2.42. The molecule has 3 N–H and O–H groups in total. The van der Waals surface area contributed by atoms with Crippen LogP contribution >= 0.6 is 23.2 Å². The van der Waals surface area contributed by atoms with Gasteiger partial charge in [0.2, 0.25) is 0 Å². The molecule has 1 aliphatic heterocycles. The number of aliphatic hydroxyl groups excluding tert-OH is 1. The molecule has 1 unspecified atom stereocenters. The van der Waals surface area contributed by atoms with Crippen molar-refractivity contribution in [3.05, 3.63) is 104 Å². The zero-order valence-electron chi connectivity index (χ0n) is 21.5. The van der Waals surface area contributed by atoms with Crippen LogP contribution < -0.4 is 5.32 Å². The molecular formula is C29H26Cl2N4O5. The fourth-order valence-corrected chi connectivity index (χ4v) is 5.64. The molecule has 0 aliphatic carbocycles. The zero-order valence-corrected chi connectivity index (χ0v) is 23.0. The van der Waals surface area contributed by atoms with Gasteiger partial charge in [-0.25, -0.2) is 9.78 Å². The second kappa shape index (κ2) is 11.3. The lowest BCUT2D eigenvalue weighted by Gasteiger charge is -2.30. The van der Waals surface area contributed by atoms with Crippen LogP contribution in [0.2, 0.25) is 10.0 Å². The summed E-state index contributed by atoms with van der Waals surface area (Å²) in [6.45, 7) is 2.21. The number of fused-ring (bicyclic) bond motifs is 2. The van der Waals surface area contributed by atoms with Gasteiger partial charge in [0.05, 0.1) is 21.7 Å². The fraction of sp³-hybridized carbons (Fsp3) is 0.241. The van der Waals surface area contributed by atoms with Crippen molar-refractivity contribution >= 4 is 46.6 Å². The number of hydrogen-bond donors (Lipinski definition) is 3. The Morgan fingerprint density at radius 3 is 2.65 bits per heavy atom. The highest BCUT2D eigenvalue weighted by Crippen LogP contribution is 2.35. The first-order chi connectivity index (χ1) is 19.1. The molecule has 3 heterocycles. The third kappa shape index (κ3) is 5.54. The maximum Gasteiger partial charge on any atom is 0.326 e. The van der Waals surface area contributed by atoms with Crippen molar-refractivity contribution in [3.8, 4) is 0 Å². The summed E-state index contributed by atoms with van der Waals surface area (Å²) >= 11 is 13.2. The lowest BCUT2D eigenvalue weighted by molar-refractivity contribution is -0.139. The minimum Gasteiger partial charge on any atom is -0.480 e. The number of aliphatic hydroxyl groups is 1. The minimum absolute atomic E-state index is 0.00193. The van der Waals surface area contributed by atoms with Gasteiger partial charge in [-0.3, -0.25) is 9.59 Å². The smallest absolute Gasteiger partial charge is 0.326 e. The van der Waals surface area contributed by atoms with E-state index in [2.05, 4.69) is 10.3 Å². The van der Waals surface area contributed by atoms with Crippen LogP contribution in [0.15, 0.2) is 60.9 Å². The third-order valence-corrected chi connectivity index (χ3v) is 7.69. The molecule has 2 aromatic carbocycles. The number of nitrogens with one attached hydrogen (secondary N) is 1. The van der Waals surface area contributed by atoms with E-state index in [1.54, 1.807) is 52.8 Å². The van der Waals surface area contributed by atoms with Crippen LogP contribution in [-0.4, -0.2) is 54.9 Å². The molecule has 0 bridgehead atoms. The summed E-state index contributed by atoms with van der Waals surface area (Å²) in [6, 6.07) is 12.7. The molecule has 9 nitrogen and oxygen atoms in total. The fourth-order valence-electron chi connectivity index (χ4n) is 4.88. The molecule has 2 atom stereocenters. The number of carboxylic acid groups (broad SMARTS) is 1. The summed E-state index contributed by atoms with van der Waals surface area (Å²) in [5, 5.41) is 22.4. The highest BCUT2D eigenvalue weighted by Gasteiger charge is 2.30. The number of nitrogens with zero attached hydrogens (tertiary/aromatic N) is 3. The van der Waals surface area contributed by atoms with Gasteiger partial charge in [-0.2, -0.15) is 0 Å². The molecule has 2 amide bonds. The lowest BCUT2D eigenvalue weighted by atomic mass is 9.96. The summed E-state index contributed by atoms with van der Waals surface area (Å²) in [6.07, 6.45) is 3.18. The van der Waals surface area contributed by atoms with Crippen LogP contribution in [-0.2, 0) is 24.2 Å². The highest BCUT2D eigenvalue weighted by molar-refractivity contribution is 6.40. The molecular weight excluding hydrogens is 555 g/mol. The Balaban J connectivity index is 1.34. The number of halogens is 2. The van der Waals surface area contributed by atoms with E-state index in [9.17, 15) is 24.6 Å². The van der Waals surface area contributed by atoms with Crippen LogP contribution in [0.5, 0.6) is 0 Å². The van der Waals surface area contributed by atoms with E-state index in [1.807, 2.05) is 24.4 Å². The Kier molecular flexibility index (Phi) is 7.80. The van der Waals surface area contributed by atoms with E-state index >= 15 is 0 Å². The number of pyridine rings is 1. The molecule has 0 saturated heterocycles. The summed E-state index contributed by atoms with van der Waals surface area (Å²) in [7, 11) is 0. The van der Waals surface area contributed by atoms with Crippen LogP contribution in [0.4, 0.5) is 0 Å². The molecule has 2 aromatic heterocycles. The maximum absolute atomic E-state index is 13.2. The minimum atomic E-state index is -1.25. The number of aromatic nitrogens is 2. The Hall–Kier alpha value is -3.92. The molecule has 4 aromatic rings. The van der Waals surface area contributed by atoms with Crippen LogP contribution in [0, 0.1) is 0 Å². The first-order valence-electron chi connectivity index (χ1n) is 12.7. The number of rotatable bonds is 7. The number of carbonyl (C=O) groups is 3. The van der Waals surface area contributed by atoms with Gasteiger partial charge in [0.1, 0.15) is 17.4 Å². The first-order valence-corrected chi connectivity index (χ1v) is 13.4. The maximum atomic E-state index is 13.2. The van der Waals surface area contributed by atoms with Gasteiger partial charge in [0, 0.05) is 31.9 Å². The summed E-state index contributed by atoms with van der Waals surface area (Å²) in [5.74, 6) is -2.16. The van der Waals surface area contributed by atoms with Gasteiger partial charge in [-0.15, -0.1) is 0 Å². The Morgan fingerprint density at radius 1 is 1.12 bits per heavy atom. The predicted molar refractivity (Wildman–Crippen MR) is 150 cm³/mol. The normalized spacial score (nSPS) is 14.4. The van der Waals surface area contributed by atoms with E-state index in [4.69, 9.17) is 23.2 Å². The first kappa shape index (κ1) is 27.6. The van der Waals surface area contributed by atoms with Crippen LogP contribution in [0.1, 0.15) is 56.1 Å². The summed E-state index contributed by atoms with van der Waals surface area (Å²) in [4.78, 5) is 44.5. The molecule has 5 rings (SSSR count). The number of imidazole rings is 1. The van der Waals surface area contributed by atoms with Crippen molar-refractivity contribution in [2.75, 3.05) is 6.54 Å². The monoisotopic (exact) mass is 580 g/mol. The summed E-state index contributed by atoms with van der Waals surface area (Å²) < 4.78 is 1.78. The van der Waals surface area contributed by atoms with E-state index in [-0.39, 0.29) is 34.5 Å². The zero-order chi connectivity index (χ0) is 28.6. The van der Waals surface area contributed by atoms with E-state index in [1.165, 1.54) is 0 Å². The van der Waals surface area contributed by atoms with Crippen molar-refractivity contribution < 1.29 is 24.6 Å². The van der Waals surface area contributed by atoms with E-state index < -0.39 is 24.0 Å². The Bertz CT molecular complexity index is 1600. The van der Waals surface area contributed by atoms with Gasteiger partial charge < -0.3 is 24.8 Å². The number of amides is 2. The third-order valence-electron chi connectivity index (χ3n) is 6.98. The van der Waals surface area contributed by atoms with Crippen molar-refractivity contribution in [1.29, 1.82) is 0 Å². The second-order valence-corrected chi connectivity index (χ2v) is 10.5. The van der Waals surface area contributed by atoms with Crippen LogP contribution in [0.25, 0.3) is 5.65 Å². The van der Waals surface area contributed by atoms with Crippen molar-refractivity contribution in [2.45, 2.75) is 38.5 Å². The molecule has 0 fully saturated rings. The van der Waals surface area contributed by atoms with Gasteiger partial charge >= 0.3 is 5.97 Å².